The first-order chi connectivity index (χ1) is 14.0. The number of alkyl halides is 3. The number of allylic oxidation sites excluding steroid dienone is 2. The van der Waals surface area contributed by atoms with Crippen LogP contribution in [-0.4, -0.2) is 56.3 Å². The Hall–Kier alpha value is -1.08. The molecule has 0 aromatic carbocycles. The molecule has 0 unspecified atom stereocenters. The highest BCUT2D eigenvalue weighted by atomic mass is 19.4. The summed E-state index contributed by atoms with van der Waals surface area (Å²) >= 11 is 0. The number of amides is 1. The molecule has 0 radical (unpaired) electrons. The molecule has 0 atom stereocenters. The zero-order valence-corrected chi connectivity index (χ0v) is 17.9. The van der Waals surface area contributed by atoms with E-state index >= 15 is 0 Å². The van der Waals surface area contributed by atoms with Gasteiger partial charge in [0.1, 0.15) is 0 Å². The monoisotopic (exact) mass is 419 g/mol. The van der Waals surface area contributed by atoms with E-state index in [2.05, 4.69) is 22.4 Å². The van der Waals surface area contributed by atoms with Crippen LogP contribution in [0.4, 0.5) is 13.2 Å². The second kappa shape index (κ2) is 16.7. The van der Waals surface area contributed by atoms with Crippen LogP contribution in [0.2, 0.25) is 0 Å². The van der Waals surface area contributed by atoms with Crippen molar-refractivity contribution in [2.75, 3.05) is 39.3 Å². The van der Waals surface area contributed by atoms with Crippen LogP contribution in [0.25, 0.3) is 0 Å². The summed E-state index contributed by atoms with van der Waals surface area (Å²) in [7, 11) is 0. The van der Waals surface area contributed by atoms with Gasteiger partial charge in [-0.15, -0.1) is 0 Å². The molecule has 1 heterocycles. The second-order valence-corrected chi connectivity index (χ2v) is 7.93. The minimum absolute atomic E-state index is 0.0475. The van der Waals surface area contributed by atoms with Crippen molar-refractivity contribution in [3.8, 4) is 0 Å². The first-order valence-corrected chi connectivity index (χ1v) is 11.4. The van der Waals surface area contributed by atoms with Crippen LogP contribution in [-0.2, 0) is 4.79 Å². The predicted molar refractivity (Wildman–Crippen MR) is 113 cm³/mol. The first-order valence-electron chi connectivity index (χ1n) is 11.4. The van der Waals surface area contributed by atoms with Gasteiger partial charge in [-0.2, -0.15) is 13.2 Å². The van der Waals surface area contributed by atoms with Crippen LogP contribution in [0.5, 0.6) is 0 Å². The number of halogens is 3. The lowest BCUT2D eigenvalue weighted by atomic mass is 10.1. The minimum Gasteiger partial charge on any atom is -0.348 e. The Morgan fingerprint density at radius 3 is 2.03 bits per heavy atom. The number of carbonyl (C=O) groups is 1. The minimum atomic E-state index is -4.79. The summed E-state index contributed by atoms with van der Waals surface area (Å²) in [6.07, 6.45) is 14.3. The quantitative estimate of drug-likeness (QED) is 0.438. The zero-order valence-electron chi connectivity index (χ0n) is 17.9. The molecule has 4 nitrogen and oxygen atoms in total. The van der Waals surface area contributed by atoms with E-state index in [1.165, 1.54) is 70.8 Å². The highest BCUT2D eigenvalue weighted by Crippen LogP contribution is 2.14. The van der Waals surface area contributed by atoms with Crippen LogP contribution >= 0.6 is 0 Å². The van der Waals surface area contributed by atoms with Gasteiger partial charge in [-0.25, -0.2) is 0 Å². The number of rotatable bonds is 8. The summed E-state index contributed by atoms with van der Waals surface area (Å²) < 4.78 is 36.2. The van der Waals surface area contributed by atoms with Gasteiger partial charge in [0, 0.05) is 6.54 Å². The van der Waals surface area contributed by atoms with Gasteiger partial charge in [0.25, 0.3) is 0 Å². The van der Waals surface area contributed by atoms with Crippen LogP contribution < -0.4 is 10.6 Å². The largest absolute Gasteiger partial charge is 0.471 e. The highest BCUT2D eigenvalue weighted by Gasteiger charge is 2.38. The average Bonchev–Trinajstić information content (AvgIpc) is 2.69. The average molecular weight is 420 g/mol. The lowest BCUT2D eigenvalue weighted by molar-refractivity contribution is -0.173. The third kappa shape index (κ3) is 15.4. The Labute approximate surface area is 174 Å². The van der Waals surface area contributed by atoms with Gasteiger partial charge in [-0.3, -0.25) is 4.79 Å². The van der Waals surface area contributed by atoms with E-state index in [0.717, 1.165) is 26.1 Å². The van der Waals surface area contributed by atoms with Gasteiger partial charge < -0.3 is 15.5 Å². The summed E-state index contributed by atoms with van der Waals surface area (Å²) in [5, 5.41) is 5.15. The Morgan fingerprint density at radius 2 is 1.34 bits per heavy atom. The van der Waals surface area contributed by atoms with Crippen molar-refractivity contribution in [2.45, 2.75) is 83.2 Å². The maximum atomic E-state index is 12.1. The molecule has 170 valence electrons. The molecule has 0 saturated heterocycles. The Balaban J connectivity index is 2.11. The predicted octanol–water partition coefficient (Wildman–Crippen LogP) is 4.81. The molecule has 1 aliphatic heterocycles. The molecule has 1 aliphatic rings. The molecular weight excluding hydrogens is 379 g/mol. The third-order valence-electron chi connectivity index (χ3n) is 5.26. The fraction of sp³-hybridized carbons (Fsp3) is 0.864. The van der Waals surface area contributed by atoms with Gasteiger partial charge in [0.15, 0.2) is 0 Å². The topological polar surface area (TPSA) is 44.4 Å². The third-order valence-corrected chi connectivity index (χ3v) is 5.26. The standard InChI is InChI=1S/C22H40F3N3O/c23-22(24,25)21(29)27-17-13-15-26-16-14-20-28-18-11-9-7-5-3-1-2-4-6-8-10-12-19-28/h3,5,26H,1-2,4,6-20H2,(H,27,29)/b5-3-. The van der Waals surface area contributed by atoms with E-state index in [1.54, 1.807) is 0 Å². The summed E-state index contributed by atoms with van der Waals surface area (Å²) in [6.45, 7) is 4.90. The zero-order chi connectivity index (χ0) is 21.2. The number of hydrogen-bond donors (Lipinski definition) is 2. The van der Waals surface area contributed by atoms with Gasteiger partial charge in [-0.05, 0) is 84.1 Å². The van der Waals surface area contributed by atoms with E-state index < -0.39 is 12.1 Å². The van der Waals surface area contributed by atoms with Crippen molar-refractivity contribution in [1.29, 1.82) is 0 Å². The number of nitrogens with zero attached hydrogens (tertiary/aromatic N) is 1. The second-order valence-electron chi connectivity index (χ2n) is 7.93. The fourth-order valence-electron chi connectivity index (χ4n) is 3.54. The van der Waals surface area contributed by atoms with Gasteiger partial charge in [0.05, 0.1) is 0 Å². The van der Waals surface area contributed by atoms with Crippen molar-refractivity contribution < 1.29 is 18.0 Å². The van der Waals surface area contributed by atoms with Gasteiger partial charge in [-0.1, -0.05) is 37.8 Å². The molecule has 0 aliphatic carbocycles. The summed E-state index contributed by atoms with van der Waals surface area (Å²) in [4.78, 5) is 13.3. The molecule has 1 amide bonds. The lowest BCUT2D eigenvalue weighted by Gasteiger charge is -2.22. The van der Waals surface area contributed by atoms with E-state index in [4.69, 9.17) is 0 Å². The number of hydrogen-bond acceptors (Lipinski definition) is 3. The summed E-state index contributed by atoms with van der Waals surface area (Å²) in [5.74, 6) is -1.86. The fourth-order valence-corrected chi connectivity index (χ4v) is 3.54. The molecular formula is C22H40F3N3O. The van der Waals surface area contributed by atoms with Crippen molar-refractivity contribution in [1.82, 2.24) is 15.5 Å². The van der Waals surface area contributed by atoms with Crippen molar-refractivity contribution in [2.24, 2.45) is 0 Å². The van der Waals surface area contributed by atoms with Gasteiger partial charge in [0.2, 0.25) is 0 Å². The van der Waals surface area contributed by atoms with E-state index in [-0.39, 0.29) is 6.54 Å². The smallest absolute Gasteiger partial charge is 0.348 e. The summed E-state index contributed by atoms with van der Waals surface area (Å²) in [6, 6.07) is 0. The molecule has 0 aromatic rings. The molecule has 0 fully saturated rings. The molecule has 0 spiro atoms. The van der Waals surface area contributed by atoms with Crippen LogP contribution in [0, 0.1) is 0 Å². The SMILES string of the molecule is O=C(NCCCNCCCN1CCCC/C=C\CCCCCCCC1)C(F)(F)F. The molecule has 0 aromatic heterocycles. The maximum absolute atomic E-state index is 12.1. The van der Waals surface area contributed by atoms with Gasteiger partial charge >= 0.3 is 12.1 Å². The molecule has 2 N–H and O–H groups in total. The first kappa shape index (κ1) is 26.0. The molecule has 1 rings (SSSR count). The normalized spacial score (nSPS) is 19.8. The Kier molecular flexibility index (Phi) is 14.9. The maximum Gasteiger partial charge on any atom is 0.471 e. The van der Waals surface area contributed by atoms with Crippen molar-refractivity contribution in [3.05, 3.63) is 12.2 Å². The van der Waals surface area contributed by atoms with E-state index in [0.29, 0.717) is 13.0 Å². The highest BCUT2D eigenvalue weighted by molar-refractivity contribution is 5.81. The number of nitrogens with one attached hydrogen (secondary N) is 2. The van der Waals surface area contributed by atoms with E-state index in [1.807, 2.05) is 5.32 Å². The molecule has 29 heavy (non-hydrogen) atoms. The Bertz CT molecular complexity index is 442. The van der Waals surface area contributed by atoms with Crippen LogP contribution in [0.1, 0.15) is 77.0 Å². The summed E-state index contributed by atoms with van der Waals surface area (Å²) in [5.41, 5.74) is 0. The molecule has 0 bridgehead atoms. The van der Waals surface area contributed by atoms with Crippen molar-refractivity contribution >= 4 is 5.91 Å². The van der Waals surface area contributed by atoms with E-state index in [9.17, 15) is 18.0 Å². The van der Waals surface area contributed by atoms with Crippen molar-refractivity contribution in [3.63, 3.8) is 0 Å². The van der Waals surface area contributed by atoms with Crippen LogP contribution in [0.3, 0.4) is 0 Å². The van der Waals surface area contributed by atoms with Crippen LogP contribution in [0.15, 0.2) is 12.2 Å². The lowest BCUT2D eigenvalue weighted by Crippen LogP contribution is -2.38. The molecule has 7 heteroatoms. The number of carbonyl (C=O) groups excluding carboxylic acids is 1. The Morgan fingerprint density at radius 1 is 0.793 bits per heavy atom. The molecule has 0 saturated carbocycles.